The molecular weight excluding hydrogens is 326 g/mol. The van der Waals surface area contributed by atoms with Gasteiger partial charge < -0.3 is 9.64 Å². The monoisotopic (exact) mass is 347 g/mol. The molecule has 0 saturated carbocycles. The SMILES string of the molecule is C[C@@H]1CN(c2ccc(S(C)(=O)=O)cc2S(C)(=O)=O)C[C@H](C)O1. The highest BCUT2D eigenvalue weighted by molar-refractivity contribution is 7.91. The zero-order valence-electron chi connectivity index (χ0n) is 13.1. The molecule has 0 N–H and O–H groups in total. The van der Waals surface area contributed by atoms with E-state index < -0.39 is 19.7 Å². The summed E-state index contributed by atoms with van der Waals surface area (Å²) >= 11 is 0. The molecule has 0 spiro atoms. The molecule has 0 aromatic heterocycles. The van der Waals surface area contributed by atoms with Gasteiger partial charge in [-0.25, -0.2) is 16.8 Å². The predicted molar refractivity (Wildman–Crippen MR) is 84.9 cm³/mol. The summed E-state index contributed by atoms with van der Waals surface area (Å²) in [5, 5.41) is 0. The lowest BCUT2D eigenvalue weighted by atomic mass is 10.2. The van der Waals surface area contributed by atoms with E-state index in [1.165, 1.54) is 12.1 Å². The summed E-state index contributed by atoms with van der Waals surface area (Å²) in [6.07, 6.45) is 2.11. The van der Waals surface area contributed by atoms with Gasteiger partial charge in [-0.2, -0.15) is 0 Å². The van der Waals surface area contributed by atoms with Crippen LogP contribution in [0.15, 0.2) is 28.0 Å². The summed E-state index contributed by atoms with van der Waals surface area (Å²) in [5.41, 5.74) is 0.525. The Kier molecular flexibility index (Phi) is 4.56. The number of rotatable bonds is 3. The number of hydrogen-bond acceptors (Lipinski definition) is 6. The number of benzene rings is 1. The van der Waals surface area contributed by atoms with Gasteiger partial charge in [-0.15, -0.1) is 0 Å². The highest BCUT2D eigenvalue weighted by Gasteiger charge is 2.27. The second kappa shape index (κ2) is 5.82. The van der Waals surface area contributed by atoms with Crippen LogP contribution >= 0.6 is 0 Å². The molecule has 1 fully saturated rings. The van der Waals surface area contributed by atoms with E-state index in [9.17, 15) is 16.8 Å². The lowest BCUT2D eigenvalue weighted by molar-refractivity contribution is -0.00537. The molecule has 0 bridgehead atoms. The molecule has 1 aromatic rings. The molecule has 124 valence electrons. The molecule has 0 radical (unpaired) electrons. The zero-order valence-corrected chi connectivity index (χ0v) is 14.7. The number of anilines is 1. The Morgan fingerprint density at radius 1 is 1.00 bits per heavy atom. The van der Waals surface area contributed by atoms with Gasteiger partial charge >= 0.3 is 0 Å². The number of ether oxygens (including phenoxy) is 1. The van der Waals surface area contributed by atoms with E-state index in [-0.39, 0.29) is 22.0 Å². The van der Waals surface area contributed by atoms with E-state index in [1.54, 1.807) is 6.07 Å². The van der Waals surface area contributed by atoms with Gasteiger partial charge in [0.2, 0.25) is 0 Å². The van der Waals surface area contributed by atoms with Gasteiger partial charge in [-0.1, -0.05) is 0 Å². The Morgan fingerprint density at radius 3 is 2.00 bits per heavy atom. The van der Waals surface area contributed by atoms with Gasteiger partial charge in [-0.3, -0.25) is 0 Å². The summed E-state index contributed by atoms with van der Waals surface area (Å²) in [5.74, 6) is 0. The topological polar surface area (TPSA) is 80.8 Å². The highest BCUT2D eigenvalue weighted by Crippen LogP contribution is 2.30. The van der Waals surface area contributed by atoms with Gasteiger partial charge in [0.05, 0.1) is 27.7 Å². The average molecular weight is 347 g/mol. The summed E-state index contributed by atoms with van der Waals surface area (Å²) in [7, 11) is -7.01. The van der Waals surface area contributed by atoms with Crippen LogP contribution in [0.2, 0.25) is 0 Å². The van der Waals surface area contributed by atoms with Gasteiger partial charge in [-0.05, 0) is 32.0 Å². The third-order valence-electron chi connectivity index (χ3n) is 3.52. The first-order chi connectivity index (χ1) is 9.98. The van der Waals surface area contributed by atoms with E-state index in [2.05, 4.69) is 0 Å². The quantitative estimate of drug-likeness (QED) is 0.815. The second-order valence-corrected chi connectivity index (χ2v) is 9.84. The predicted octanol–water partition coefficient (Wildman–Crippen LogP) is 1.11. The van der Waals surface area contributed by atoms with Crippen molar-refractivity contribution >= 4 is 25.4 Å². The van der Waals surface area contributed by atoms with E-state index >= 15 is 0 Å². The molecule has 0 amide bonds. The van der Waals surface area contributed by atoms with E-state index in [1.807, 2.05) is 18.7 Å². The van der Waals surface area contributed by atoms with E-state index in [0.717, 1.165) is 12.5 Å². The normalized spacial score (nSPS) is 23.5. The minimum Gasteiger partial charge on any atom is -0.372 e. The van der Waals surface area contributed by atoms with Crippen LogP contribution in [-0.4, -0.2) is 54.6 Å². The van der Waals surface area contributed by atoms with Crippen molar-refractivity contribution in [1.29, 1.82) is 0 Å². The number of morpholine rings is 1. The first kappa shape index (κ1) is 17.2. The van der Waals surface area contributed by atoms with Gasteiger partial charge in [0.1, 0.15) is 0 Å². The molecule has 0 aliphatic carbocycles. The van der Waals surface area contributed by atoms with E-state index in [4.69, 9.17) is 4.74 Å². The fourth-order valence-corrected chi connectivity index (χ4v) is 4.30. The van der Waals surface area contributed by atoms with Crippen molar-refractivity contribution < 1.29 is 21.6 Å². The Morgan fingerprint density at radius 2 is 1.55 bits per heavy atom. The van der Waals surface area contributed by atoms with Crippen molar-refractivity contribution in [2.24, 2.45) is 0 Å². The summed E-state index contributed by atoms with van der Waals surface area (Å²) in [6, 6.07) is 4.26. The minimum atomic E-state index is -3.55. The standard InChI is InChI=1S/C14H21NO5S2/c1-10-8-15(9-11(2)20-10)13-6-5-12(21(3,16)17)7-14(13)22(4,18)19/h5-7,10-11H,8-9H2,1-4H3/t10-,11+. The van der Waals surface area contributed by atoms with E-state index in [0.29, 0.717) is 18.8 Å². The summed E-state index contributed by atoms with van der Waals surface area (Å²) in [6.45, 7) is 4.97. The lowest BCUT2D eigenvalue weighted by Crippen LogP contribution is -2.46. The third kappa shape index (κ3) is 3.80. The van der Waals surface area contributed by atoms with Crippen LogP contribution in [0, 0.1) is 0 Å². The average Bonchev–Trinajstić information content (AvgIpc) is 2.34. The smallest absolute Gasteiger partial charge is 0.177 e. The fraction of sp³-hybridized carbons (Fsp3) is 0.571. The lowest BCUT2D eigenvalue weighted by Gasteiger charge is -2.37. The fourth-order valence-electron chi connectivity index (χ4n) is 2.66. The van der Waals surface area contributed by atoms with Crippen LogP contribution in [0.1, 0.15) is 13.8 Å². The molecule has 1 aliphatic rings. The maximum absolute atomic E-state index is 12.1. The molecule has 6 nitrogen and oxygen atoms in total. The van der Waals surface area contributed by atoms with Crippen molar-refractivity contribution in [2.45, 2.75) is 35.8 Å². The van der Waals surface area contributed by atoms with Crippen molar-refractivity contribution in [2.75, 3.05) is 30.5 Å². The molecule has 1 heterocycles. The van der Waals surface area contributed by atoms with Crippen LogP contribution in [0.3, 0.4) is 0 Å². The largest absolute Gasteiger partial charge is 0.372 e. The maximum Gasteiger partial charge on any atom is 0.177 e. The number of nitrogens with zero attached hydrogens (tertiary/aromatic N) is 1. The van der Waals surface area contributed by atoms with Crippen molar-refractivity contribution in [3.8, 4) is 0 Å². The number of sulfone groups is 2. The summed E-state index contributed by atoms with van der Waals surface area (Å²) < 4.78 is 53.2. The van der Waals surface area contributed by atoms with Gasteiger partial charge in [0, 0.05) is 25.6 Å². The Bertz CT molecular complexity index is 760. The zero-order chi connectivity index (χ0) is 16.7. The first-order valence-corrected chi connectivity index (χ1v) is 10.7. The van der Waals surface area contributed by atoms with Crippen LogP contribution in [-0.2, 0) is 24.4 Å². The molecular formula is C14H21NO5S2. The molecule has 22 heavy (non-hydrogen) atoms. The van der Waals surface area contributed by atoms with Gasteiger partial charge in [0.15, 0.2) is 19.7 Å². The number of hydrogen-bond donors (Lipinski definition) is 0. The Labute approximate surface area is 131 Å². The first-order valence-electron chi connectivity index (χ1n) is 6.93. The second-order valence-electron chi connectivity index (χ2n) is 5.84. The third-order valence-corrected chi connectivity index (χ3v) is 5.76. The van der Waals surface area contributed by atoms with Gasteiger partial charge in [0.25, 0.3) is 0 Å². The maximum atomic E-state index is 12.1. The minimum absolute atomic E-state index is 0.00558. The Balaban J connectivity index is 2.56. The van der Waals surface area contributed by atoms with Crippen LogP contribution in [0.5, 0.6) is 0 Å². The van der Waals surface area contributed by atoms with Crippen molar-refractivity contribution in [3.63, 3.8) is 0 Å². The molecule has 2 atom stereocenters. The molecule has 1 saturated heterocycles. The highest BCUT2D eigenvalue weighted by atomic mass is 32.2. The van der Waals surface area contributed by atoms with Crippen molar-refractivity contribution in [1.82, 2.24) is 0 Å². The van der Waals surface area contributed by atoms with Crippen molar-refractivity contribution in [3.05, 3.63) is 18.2 Å². The molecule has 0 unspecified atom stereocenters. The van der Waals surface area contributed by atoms with Crippen LogP contribution < -0.4 is 4.90 Å². The molecule has 8 heteroatoms. The van der Waals surface area contributed by atoms with Crippen LogP contribution in [0.4, 0.5) is 5.69 Å². The molecule has 2 rings (SSSR count). The molecule has 1 aliphatic heterocycles. The van der Waals surface area contributed by atoms with Crippen LogP contribution in [0.25, 0.3) is 0 Å². The summed E-state index contributed by atoms with van der Waals surface area (Å²) in [4.78, 5) is 1.98. The Hall–Kier alpha value is -1.12. The molecule has 1 aromatic carbocycles.